The monoisotopic (exact) mass is 203 g/mol. The fraction of sp³-hybridized carbons (Fsp3) is 0.800. The van der Waals surface area contributed by atoms with Crippen molar-refractivity contribution in [3.05, 3.63) is 5.73 Å². The Hall–Kier alpha value is 0.299. The number of thioether (sulfide) groups is 1. The summed E-state index contributed by atoms with van der Waals surface area (Å²) < 4.78 is 0. The molecule has 0 aromatic carbocycles. The molecule has 3 nitrogen and oxygen atoms in total. The van der Waals surface area contributed by atoms with Gasteiger partial charge < -0.3 is 15.6 Å². The second-order valence-electron chi connectivity index (χ2n) is 1.65. The zero-order valence-corrected chi connectivity index (χ0v) is 7.49. The standard InChI is InChI=1S/C5H10NO2S.Fe/c1-9-3-2-4(6)5(7)8;/h4,6H,2-3H2,1H3,(H,7,8);/q-1;+2/p-1. The van der Waals surface area contributed by atoms with Crippen LogP contribution in [0.1, 0.15) is 6.42 Å². The Kier molecular flexibility index (Phi) is 9.58. The molecule has 0 spiro atoms. The van der Waals surface area contributed by atoms with Crippen LogP contribution in [0.4, 0.5) is 0 Å². The van der Waals surface area contributed by atoms with Crippen LogP contribution in [0.2, 0.25) is 0 Å². The van der Waals surface area contributed by atoms with Crippen LogP contribution in [-0.4, -0.2) is 24.0 Å². The molecule has 1 N–H and O–H groups in total. The maximum absolute atomic E-state index is 9.90. The van der Waals surface area contributed by atoms with Gasteiger partial charge in [-0.1, -0.05) is 12.5 Å². The molecule has 0 bridgehead atoms. The normalized spacial score (nSPS) is 11.8. The topological polar surface area (TPSA) is 63.9 Å². The predicted octanol–water partition coefficient (Wildman–Crippen LogP) is -0.0923. The molecular weight excluding hydrogens is 194 g/mol. The summed E-state index contributed by atoms with van der Waals surface area (Å²) >= 11 is 1.54. The molecule has 0 amide bonds. The maximum atomic E-state index is 9.90. The summed E-state index contributed by atoms with van der Waals surface area (Å²) in [5.41, 5.74) is 6.85. The van der Waals surface area contributed by atoms with Crippen LogP contribution in [0.3, 0.4) is 0 Å². The van der Waals surface area contributed by atoms with Crippen LogP contribution in [0.15, 0.2) is 0 Å². The maximum Gasteiger partial charge on any atom is 2.00 e. The molecule has 60 valence electrons. The van der Waals surface area contributed by atoms with Crippen molar-refractivity contribution in [3.8, 4) is 0 Å². The minimum absolute atomic E-state index is 0. The molecule has 1 atom stereocenters. The van der Waals surface area contributed by atoms with Gasteiger partial charge in [0.1, 0.15) is 0 Å². The fourth-order valence-electron chi connectivity index (χ4n) is 0.354. The third-order valence-electron chi connectivity index (χ3n) is 0.895. The van der Waals surface area contributed by atoms with E-state index in [4.69, 9.17) is 5.73 Å². The molecule has 0 heterocycles. The molecular formula is C5H9FeNO2S. The number of rotatable bonds is 4. The zero-order valence-electron chi connectivity index (χ0n) is 5.57. The van der Waals surface area contributed by atoms with Gasteiger partial charge in [0.15, 0.2) is 0 Å². The van der Waals surface area contributed by atoms with Crippen molar-refractivity contribution < 1.29 is 27.0 Å². The third-order valence-corrected chi connectivity index (χ3v) is 1.54. The largest absolute Gasteiger partial charge is 2.00 e. The van der Waals surface area contributed by atoms with Crippen molar-refractivity contribution in [2.24, 2.45) is 0 Å². The van der Waals surface area contributed by atoms with E-state index in [1.807, 2.05) is 6.26 Å². The van der Waals surface area contributed by atoms with E-state index in [0.29, 0.717) is 12.2 Å². The van der Waals surface area contributed by atoms with Crippen LogP contribution in [0.25, 0.3) is 5.73 Å². The Morgan fingerprint density at radius 3 is 2.60 bits per heavy atom. The molecule has 0 fully saturated rings. The van der Waals surface area contributed by atoms with Gasteiger partial charge in [-0.15, -0.1) is 0 Å². The average Bonchev–Trinajstić information content (AvgIpc) is 1.82. The van der Waals surface area contributed by atoms with Gasteiger partial charge in [0.25, 0.3) is 0 Å². The first-order valence-electron chi connectivity index (χ1n) is 2.59. The SMILES string of the molecule is CSCCC([NH-])C(=O)[O-].[Fe+2]. The van der Waals surface area contributed by atoms with E-state index in [1.54, 1.807) is 0 Å². The molecule has 0 aromatic rings. The van der Waals surface area contributed by atoms with E-state index in [-0.39, 0.29) is 17.1 Å². The Balaban J connectivity index is 0. The van der Waals surface area contributed by atoms with E-state index in [2.05, 4.69) is 0 Å². The molecule has 0 aliphatic rings. The smallest absolute Gasteiger partial charge is 0.670 e. The van der Waals surface area contributed by atoms with Crippen LogP contribution in [-0.2, 0) is 21.9 Å². The van der Waals surface area contributed by atoms with E-state index in [9.17, 15) is 9.90 Å². The zero-order chi connectivity index (χ0) is 7.28. The van der Waals surface area contributed by atoms with Crippen molar-refractivity contribution in [2.75, 3.05) is 12.0 Å². The Labute approximate surface area is 75.2 Å². The Morgan fingerprint density at radius 1 is 1.80 bits per heavy atom. The van der Waals surface area contributed by atoms with Crippen LogP contribution in [0.5, 0.6) is 0 Å². The minimum atomic E-state index is -1.27. The average molecular weight is 203 g/mol. The van der Waals surface area contributed by atoms with Gasteiger partial charge in [-0.3, -0.25) is 0 Å². The molecule has 0 saturated carbocycles. The second kappa shape index (κ2) is 7.41. The molecule has 1 unspecified atom stereocenters. The number of carbonyl (C=O) groups is 1. The van der Waals surface area contributed by atoms with Crippen molar-refractivity contribution in [1.29, 1.82) is 0 Å². The van der Waals surface area contributed by atoms with Crippen LogP contribution in [0, 0.1) is 0 Å². The van der Waals surface area contributed by atoms with E-state index >= 15 is 0 Å². The van der Waals surface area contributed by atoms with Gasteiger partial charge in [0.05, 0.1) is 0 Å². The second-order valence-corrected chi connectivity index (χ2v) is 2.64. The van der Waals surface area contributed by atoms with Gasteiger partial charge in [-0.25, -0.2) is 0 Å². The first kappa shape index (κ1) is 12.9. The molecule has 10 heavy (non-hydrogen) atoms. The molecule has 5 heteroatoms. The number of carbonyl (C=O) groups excluding carboxylic acids is 1. The number of hydrogen-bond acceptors (Lipinski definition) is 3. The van der Waals surface area contributed by atoms with Crippen molar-refractivity contribution in [1.82, 2.24) is 0 Å². The Morgan fingerprint density at radius 2 is 2.30 bits per heavy atom. The summed E-state index contributed by atoms with van der Waals surface area (Å²) in [6, 6.07) is -1.04. The van der Waals surface area contributed by atoms with Gasteiger partial charge in [-0.2, -0.15) is 11.8 Å². The summed E-state index contributed by atoms with van der Waals surface area (Å²) in [4.78, 5) is 9.90. The summed E-state index contributed by atoms with van der Waals surface area (Å²) in [5.74, 6) is -0.564. The summed E-state index contributed by atoms with van der Waals surface area (Å²) in [6.45, 7) is 0. The van der Waals surface area contributed by atoms with Crippen molar-refractivity contribution in [2.45, 2.75) is 12.5 Å². The van der Waals surface area contributed by atoms with Crippen LogP contribution >= 0.6 is 11.8 Å². The number of carboxylic acids is 1. The quantitative estimate of drug-likeness (QED) is 0.599. The van der Waals surface area contributed by atoms with Gasteiger partial charge in [-0.05, 0) is 12.0 Å². The number of carboxylic acid groups (broad SMARTS) is 1. The summed E-state index contributed by atoms with van der Waals surface area (Å²) in [5, 5.41) is 9.90. The first-order valence-corrected chi connectivity index (χ1v) is 3.98. The molecule has 0 aliphatic heterocycles. The first-order chi connectivity index (χ1) is 4.18. The van der Waals surface area contributed by atoms with E-state index < -0.39 is 12.0 Å². The van der Waals surface area contributed by atoms with Gasteiger partial charge in [0.2, 0.25) is 0 Å². The predicted molar refractivity (Wildman–Crippen MR) is 36.1 cm³/mol. The van der Waals surface area contributed by atoms with E-state index in [0.717, 1.165) is 0 Å². The third kappa shape index (κ3) is 6.42. The summed E-state index contributed by atoms with van der Waals surface area (Å²) in [6.07, 6.45) is 2.26. The fourth-order valence-corrected chi connectivity index (χ4v) is 0.825. The number of nitrogens with one attached hydrogen (secondary N) is 1. The molecule has 0 saturated heterocycles. The van der Waals surface area contributed by atoms with Crippen LogP contribution < -0.4 is 5.11 Å². The van der Waals surface area contributed by atoms with Crippen molar-refractivity contribution in [3.63, 3.8) is 0 Å². The Bertz CT molecular complexity index is 102. The van der Waals surface area contributed by atoms with E-state index in [1.165, 1.54) is 11.8 Å². The van der Waals surface area contributed by atoms with Gasteiger partial charge in [0, 0.05) is 5.97 Å². The summed E-state index contributed by atoms with van der Waals surface area (Å²) in [7, 11) is 0. The van der Waals surface area contributed by atoms with Crippen molar-refractivity contribution >= 4 is 17.7 Å². The number of hydrogen-bond donors (Lipinski definition) is 0. The minimum Gasteiger partial charge on any atom is -0.670 e. The molecule has 0 aliphatic carbocycles. The van der Waals surface area contributed by atoms with Gasteiger partial charge >= 0.3 is 17.1 Å². The molecule has 0 aromatic heterocycles. The molecule has 0 rings (SSSR count). The molecule has 0 radical (unpaired) electrons. The number of aliphatic carboxylic acids is 1.